The molecule has 8 heteroatoms. The van der Waals surface area contributed by atoms with E-state index in [1.807, 2.05) is 43.0 Å². The number of rotatable bonds is 4. The molecule has 3 aromatic heterocycles. The van der Waals surface area contributed by atoms with E-state index in [4.69, 9.17) is 0 Å². The molecule has 41 heavy (non-hydrogen) atoms. The third-order valence-corrected chi connectivity index (χ3v) is 8.02. The molecule has 0 fully saturated rings. The van der Waals surface area contributed by atoms with Crippen molar-refractivity contribution in [2.45, 2.75) is 36.0 Å². The van der Waals surface area contributed by atoms with E-state index in [9.17, 15) is 0 Å². The third kappa shape index (κ3) is 4.91. The first kappa shape index (κ1) is 27.5. The van der Waals surface area contributed by atoms with Crippen molar-refractivity contribution < 1.29 is 21.1 Å². The van der Waals surface area contributed by atoms with E-state index in [-0.39, 0.29) is 26.5 Å². The second kappa shape index (κ2) is 10.6. The smallest absolute Gasteiger partial charge is 0.143 e. The zero-order chi connectivity index (χ0) is 27.4. The predicted molar refractivity (Wildman–Crippen MR) is 162 cm³/mol. The van der Waals surface area contributed by atoms with Gasteiger partial charge in [-0.15, -0.1) is 63.1 Å². The van der Waals surface area contributed by atoms with E-state index in [0.29, 0.717) is 0 Å². The van der Waals surface area contributed by atoms with Crippen LogP contribution in [0.3, 0.4) is 0 Å². The molecule has 6 nitrogen and oxygen atoms in total. The zero-order valence-electron chi connectivity index (χ0n) is 23.1. The van der Waals surface area contributed by atoms with Crippen LogP contribution in [-0.2, 0) is 26.5 Å². The van der Waals surface area contributed by atoms with Crippen molar-refractivity contribution in [1.82, 2.24) is 19.5 Å². The van der Waals surface area contributed by atoms with Gasteiger partial charge in [-0.1, -0.05) is 50.6 Å². The van der Waals surface area contributed by atoms with Crippen molar-refractivity contribution in [3.8, 4) is 5.82 Å². The Labute approximate surface area is 258 Å². The predicted octanol–water partition coefficient (Wildman–Crippen LogP) is 7.72. The van der Waals surface area contributed by atoms with Gasteiger partial charge in [0.05, 0.1) is 0 Å². The first-order chi connectivity index (χ1) is 19.4. The maximum absolute atomic E-state index is 4.66. The molecule has 0 spiro atoms. The quantitative estimate of drug-likeness (QED) is 0.173. The van der Waals surface area contributed by atoms with Gasteiger partial charge in [0, 0.05) is 45.2 Å². The summed E-state index contributed by atoms with van der Waals surface area (Å²) >= 11 is 1.67. The van der Waals surface area contributed by atoms with Crippen LogP contribution in [0.1, 0.15) is 26.3 Å². The number of hydrogen-bond donors (Lipinski definition) is 0. The number of anilines is 3. The average Bonchev–Trinajstić information content (AvgIpc) is 3.47. The molecule has 0 bridgehead atoms. The molecule has 0 saturated carbocycles. The van der Waals surface area contributed by atoms with Crippen molar-refractivity contribution in [2.24, 2.45) is 0 Å². The molecule has 0 N–H and O–H groups in total. The van der Waals surface area contributed by atoms with Crippen LogP contribution < -0.4 is 9.80 Å². The molecule has 3 aromatic carbocycles. The molecule has 0 unspecified atom stereocenters. The molecule has 0 atom stereocenters. The van der Waals surface area contributed by atoms with Crippen LogP contribution in [-0.4, -0.2) is 26.6 Å². The Morgan fingerprint density at radius 3 is 2.34 bits per heavy atom. The fourth-order valence-electron chi connectivity index (χ4n) is 5.12. The number of hydrogen-bond acceptors (Lipinski definition) is 6. The molecule has 0 saturated heterocycles. The average molecular weight is 735 g/mol. The second-order valence-electron chi connectivity index (χ2n) is 10.9. The first-order valence-electron chi connectivity index (χ1n) is 13.2. The maximum atomic E-state index is 4.66. The topological polar surface area (TPSA) is 50.1 Å². The molecule has 208 valence electrons. The van der Waals surface area contributed by atoms with E-state index in [2.05, 4.69) is 106 Å². The summed E-state index contributed by atoms with van der Waals surface area (Å²) in [6.07, 6.45) is 5.28. The van der Waals surface area contributed by atoms with Crippen LogP contribution in [0.5, 0.6) is 0 Å². The SMILES string of the molecule is CN1[CH-]N(c2[c-]c(Sc3[c-]c4c(cc3)c3ccccc3n4-c3ccccn3)cc(C(C)(C)C)c2)c2nccnc21.[Pt]. The van der Waals surface area contributed by atoms with E-state index in [1.165, 1.54) is 10.9 Å². The van der Waals surface area contributed by atoms with Gasteiger partial charge in [0.2, 0.25) is 0 Å². The Morgan fingerprint density at radius 2 is 1.56 bits per heavy atom. The molecule has 1 aliphatic heterocycles. The van der Waals surface area contributed by atoms with Gasteiger partial charge in [-0.3, -0.25) is 0 Å². The summed E-state index contributed by atoms with van der Waals surface area (Å²) in [5, 5.41) is 2.34. The summed E-state index contributed by atoms with van der Waals surface area (Å²) in [5.74, 6) is 2.51. The minimum absolute atomic E-state index is 0. The minimum atomic E-state index is -0.0466. The number of pyridine rings is 1. The van der Waals surface area contributed by atoms with E-state index >= 15 is 0 Å². The summed E-state index contributed by atoms with van der Waals surface area (Å²) in [6.45, 7) is 8.72. The van der Waals surface area contributed by atoms with Gasteiger partial charge in [-0.25, -0.2) is 15.0 Å². The van der Waals surface area contributed by atoms with Gasteiger partial charge in [0.1, 0.15) is 17.5 Å². The number of aromatic nitrogens is 4. The molecule has 1 aliphatic rings. The molecular weight excluding hydrogens is 708 g/mol. The molecule has 4 heterocycles. The van der Waals surface area contributed by atoms with Gasteiger partial charge >= 0.3 is 0 Å². The van der Waals surface area contributed by atoms with Crippen LogP contribution >= 0.6 is 11.8 Å². The molecule has 0 aliphatic carbocycles. The largest absolute Gasteiger partial charge is 0.487 e. The first-order valence-corrected chi connectivity index (χ1v) is 14.0. The van der Waals surface area contributed by atoms with Gasteiger partial charge in [-0.2, -0.15) is 18.2 Å². The number of fused-ring (bicyclic) bond motifs is 4. The minimum Gasteiger partial charge on any atom is -0.487 e. The van der Waals surface area contributed by atoms with Crippen molar-refractivity contribution >= 4 is 50.9 Å². The van der Waals surface area contributed by atoms with Gasteiger partial charge in [0.25, 0.3) is 0 Å². The van der Waals surface area contributed by atoms with E-state index in [1.54, 1.807) is 24.2 Å². The van der Waals surface area contributed by atoms with Crippen molar-refractivity contribution in [3.63, 3.8) is 0 Å². The van der Waals surface area contributed by atoms with Gasteiger partial charge in [-0.05, 0) is 36.0 Å². The number of nitrogens with zero attached hydrogens (tertiary/aromatic N) is 6. The number of para-hydroxylation sites is 1. The molecule has 7 rings (SSSR count). The van der Waals surface area contributed by atoms with E-state index < -0.39 is 0 Å². The summed E-state index contributed by atoms with van der Waals surface area (Å²) in [7, 11) is 1.99. The Balaban J connectivity index is 0.00000302. The maximum Gasteiger partial charge on any atom is 0.143 e. The summed E-state index contributed by atoms with van der Waals surface area (Å²) in [6, 6.07) is 30.6. The Kier molecular flexibility index (Phi) is 7.12. The molecule has 0 amide bonds. The fourth-order valence-corrected chi connectivity index (χ4v) is 5.99. The van der Waals surface area contributed by atoms with Crippen LogP contribution in [0.4, 0.5) is 17.3 Å². The Bertz CT molecular complexity index is 1880. The van der Waals surface area contributed by atoms with E-state index in [0.717, 1.165) is 49.4 Å². The summed E-state index contributed by atoms with van der Waals surface area (Å²) in [4.78, 5) is 19.9. The Morgan fingerprint density at radius 1 is 0.780 bits per heavy atom. The summed E-state index contributed by atoms with van der Waals surface area (Å²) in [5.41, 5.74) is 4.24. The van der Waals surface area contributed by atoms with Crippen molar-refractivity contribution in [2.75, 3.05) is 16.8 Å². The van der Waals surface area contributed by atoms with Crippen LogP contribution in [0.2, 0.25) is 0 Å². The van der Waals surface area contributed by atoms with Crippen molar-refractivity contribution in [3.05, 3.63) is 110 Å². The third-order valence-electron chi connectivity index (χ3n) is 7.12. The van der Waals surface area contributed by atoms with Crippen LogP contribution in [0, 0.1) is 18.8 Å². The Hall–Kier alpha value is -3.67. The molecule has 6 aromatic rings. The molecular formula is C33H27N6PtS-3. The van der Waals surface area contributed by atoms with Crippen molar-refractivity contribution in [1.29, 1.82) is 0 Å². The summed E-state index contributed by atoms with van der Waals surface area (Å²) < 4.78 is 2.19. The normalized spacial score (nSPS) is 13.1. The monoisotopic (exact) mass is 734 g/mol. The van der Waals surface area contributed by atoms with Gasteiger partial charge < -0.3 is 14.4 Å². The fraction of sp³-hybridized carbons (Fsp3) is 0.152. The zero-order valence-corrected chi connectivity index (χ0v) is 26.2. The van der Waals surface area contributed by atoms with Crippen LogP contribution in [0.25, 0.3) is 27.6 Å². The van der Waals surface area contributed by atoms with Crippen LogP contribution in [0.15, 0.2) is 95.1 Å². The number of benzene rings is 3. The molecule has 0 radical (unpaired) electrons. The standard InChI is InChI=1S/C33H27N6S.Pt/c1-33(2,3)22-17-23(38-21-37(4)31-32(38)36-16-15-35-31)19-25(18-22)40-24-12-13-27-26-9-5-6-10-28(26)39(29(27)20-24)30-11-7-8-14-34-30;/h5-18,21H,1-4H3;/q-3;. The second-order valence-corrected chi connectivity index (χ2v) is 12.0. The van der Waals surface area contributed by atoms with Gasteiger partial charge in [0.15, 0.2) is 0 Å².